The largest absolute Gasteiger partial charge is 0.373 e. The molecule has 1 aliphatic rings. The number of aryl methyl sites for hydroxylation is 1. The second kappa shape index (κ2) is 8.19. The van der Waals surface area contributed by atoms with E-state index in [0.717, 1.165) is 38.2 Å². The smallest absolute Gasteiger partial charge is 0.123 e. The van der Waals surface area contributed by atoms with Gasteiger partial charge in [-0.05, 0) is 48.2 Å². The number of anilines is 1. The molecule has 0 aliphatic carbocycles. The van der Waals surface area contributed by atoms with Crippen LogP contribution in [0.1, 0.15) is 30.5 Å². The van der Waals surface area contributed by atoms with Gasteiger partial charge in [-0.25, -0.2) is 4.39 Å². The molecule has 4 heteroatoms. The van der Waals surface area contributed by atoms with Crippen molar-refractivity contribution in [1.82, 2.24) is 5.32 Å². The zero-order valence-corrected chi connectivity index (χ0v) is 16.0. The van der Waals surface area contributed by atoms with Crippen molar-refractivity contribution in [3.05, 3.63) is 65.0 Å². The third-order valence-corrected chi connectivity index (χ3v) is 5.43. The van der Waals surface area contributed by atoms with Crippen LogP contribution in [-0.2, 0) is 23.2 Å². The lowest BCUT2D eigenvalue weighted by Crippen LogP contribution is -2.44. The van der Waals surface area contributed by atoms with Crippen LogP contribution in [0.2, 0.25) is 0 Å². The van der Waals surface area contributed by atoms with Crippen molar-refractivity contribution in [2.45, 2.75) is 32.3 Å². The number of hydrogen-bond acceptors (Lipinski definition) is 3. The average Bonchev–Trinajstić information content (AvgIpc) is 2.69. The molecule has 0 radical (unpaired) electrons. The zero-order chi connectivity index (χ0) is 18.6. The van der Waals surface area contributed by atoms with Crippen LogP contribution >= 0.6 is 0 Å². The molecule has 140 valence electrons. The minimum absolute atomic E-state index is 0.207. The number of ether oxygens (including phenoxy) is 1. The fourth-order valence-corrected chi connectivity index (χ4v) is 3.70. The minimum Gasteiger partial charge on any atom is -0.373 e. The Morgan fingerprint density at radius 1 is 1.12 bits per heavy atom. The summed E-state index contributed by atoms with van der Waals surface area (Å²) in [5.74, 6) is -0.207. The number of benzene rings is 2. The Balaban J connectivity index is 1.88. The van der Waals surface area contributed by atoms with Gasteiger partial charge in [0.15, 0.2) is 0 Å². The van der Waals surface area contributed by atoms with Crippen molar-refractivity contribution in [3.8, 4) is 0 Å². The molecule has 26 heavy (non-hydrogen) atoms. The highest BCUT2D eigenvalue weighted by molar-refractivity contribution is 5.56. The first-order valence-corrected chi connectivity index (χ1v) is 9.44. The highest BCUT2D eigenvalue weighted by Gasteiger charge is 2.28. The van der Waals surface area contributed by atoms with Gasteiger partial charge in [0, 0.05) is 45.4 Å². The summed E-state index contributed by atoms with van der Waals surface area (Å²) in [5.41, 5.74) is 4.48. The molecule has 1 atom stereocenters. The van der Waals surface area contributed by atoms with E-state index in [1.165, 1.54) is 28.9 Å². The highest BCUT2D eigenvalue weighted by Crippen LogP contribution is 2.33. The van der Waals surface area contributed by atoms with Gasteiger partial charge in [-0.1, -0.05) is 31.2 Å². The van der Waals surface area contributed by atoms with Crippen molar-refractivity contribution in [2.75, 3.05) is 38.2 Å². The van der Waals surface area contributed by atoms with Crippen LogP contribution in [0.15, 0.2) is 42.5 Å². The first kappa shape index (κ1) is 18.9. The Bertz CT molecular complexity index is 725. The van der Waals surface area contributed by atoms with E-state index in [9.17, 15) is 4.39 Å². The van der Waals surface area contributed by atoms with Gasteiger partial charge in [-0.2, -0.15) is 0 Å². The van der Waals surface area contributed by atoms with Crippen LogP contribution in [0.25, 0.3) is 0 Å². The number of hydrogen-bond donors (Lipinski definition) is 1. The molecule has 1 heterocycles. The summed E-state index contributed by atoms with van der Waals surface area (Å²) in [7, 11) is 1.75. The quantitative estimate of drug-likeness (QED) is 0.849. The Labute approximate surface area is 156 Å². The van der Waals surface area contributed by atoms with E-state index in [-0.39, 0.29) is 5.82 Å². The number of piperazine rings is 1. The third kappa shape index (κ3) is 4.08. The number of nitrogens with zero attached hydrogens (tertiary/aromatic N) is 1. The summed E-state index contributed by atoms with van der Waals surface area (Å²) in [6.07, 6.45) is 1.70. The molecule has 2 aromatic carbocycles. The molecule has 1 N–H and O–H groups in total. The van der Waals surface area contributed by atoms with Gasteiger partial charge in [0.2, 0.25) is 0 Å². The first-order valence-electron chi connectivity index (χ1n) is 9.44. The van der Waals surface area contributed by atoms with Gasteiger partial charge >= 0.3 is 0 Å². The van der Waals surface area contributed by atoms with E-state index in [2.05, 4.69) is 42.3 Å². The van der Waals surface area contributed by atoms with Crippen molar-refractivity contribution in [1.29, 1.82) is 0 Å². The molecular weight excluding hydrogens is 327 g/mol. The molecule has 0 saturated carbocycles. The second-order valence-corrected chi connectivity index (χ2v) is 7.17. The zero-order valence-electron chi connectivity index (χ0n) is 16.0. The lowest BCUT2D eigenvalue weighted by molar-refractivity contribution is 0.00215. The van der Waals surface area contributed by atoms with E-state index in [1.54, 1.807) is 7.11 Å². The van der Waals surface area contributed by atoms with Gasteiger partial charge in [-0.3, -0.25) is 0 Å². The SMILES string of the molecule is CCc1cc(C(C)(Cc2ccc(F)cc2)OC)ccc1N1CCNCC1. The fraction of sp³-hybridized carbons (Fsp3) is 0.455. The number of rotatable bonds is 6. The van der Waals surface area contributed by atoms with Crippen LogP contribution in [-0.4, -0.2) is 33.3 Å². The molecule has 1 saturated heterocycles. The molecular formula is C22H29FN2O. The van der Waals surface area contributed by atoms with Crippen molar-refractivity contribution >= 4 is 5.69 Å². The lowest BCUT2D eigenvalue weighted by Gasteiger charge is -2.33. The van der Waals surface area contributed by atoms with Crippen LogP contribution < -0.4 is 10.2 Å². The maximum Gasteiger partial charge on any atom is 0.123 e. The maximum atomic E-state index is 13.2. The lowest BCUT2D eigenvalue weighted by atomic mass is 9.87. The Morgan fingerprint density at radius 2 is 1.81 bits per heavy atom. The summed E-state index contributed by atoms with van der Waals surface area (Å²) >= 11 is 0. The van der Waals surface area contributed by atoms with Gasteiger partial charge < -0.3 is 15.0 Å². The van der Waals surface area contributed by atoms with Crippen molar-refractivity contribution < 1.29 is 9.13 Å². The minimum atomic E-state index is -0.441. The predicted molar refractivity (Wildman–Crippen MR) is 105 cm³/mol. The molecule has 0 bridgehead atoms. The van der Waals surface area contributed by atoms with E-state index >= 15 is 0 Å². The summed E-state index contributed by atoms with van der Waals surface area (Å²) < 4.78 is 19.1. The second-order valence-electron chi connectivity index (χ2n) is 7.17. The van der Waals surface area contributed by atoms with Gasteiger partial charge in [0.05, 0.1) is 5.60 Å². The highest BCUT2D eigenvalue weighted by atomic mass is 19.1. The summed E-state index contributed by atoms with van der Waals surface area (Å²) in [6.45, 7) is 8.47. The topological polar surface area (TPSA) is 24.5 Å². The Kier molecular flexibility index (Phi) is 5.94. The van der Waals surface area contributed by atoms with E-state index in [4.69, 9.17) is 4.74 Å². The van der Waals surface area contributed by atoms with Crippen LogP contribution in [0.3, 0.4) is 0 Å². The number of halogens is 1. The molecule has 0 amide bonds. The fourth-order valence-electron chi connectivity index (χ4n) is 3.70. The summed E-state index contributed by atoms with van der Waals surface area (Å²) in [4.78, 5) is 2.46. The van der Waals surface area contributed by atoms with Crippen LogP contribution in [0.5, 0.6) is 0 Å². The van der Waals surface area contributed by atoms with E-state index in [1.807, 2.05) is 12.1 Å². The van der Waals surface area contributed by atoms with E-state index in [0.29, 0.717) is 6.42 Å². The Morgan fingerprint density at radius 3 is 2.42 bits per heavy atom. The van der Waals surface area contributed by atoms with Gasteiger partial charge in [0.25, 0.3) is 0 Å². The molecule has 2 aromatic rings. The van der Waals surface area contributed by atoms with E-state index < -0.39 is 5.60 Å². The van der Waals surface area contributed by atoms with Gasteiger partial charge in [0.1, 0.15) is 5.82 Å². The average molecular weight is 356 g/mol. The maximum absolute atomic E-state index is 13.2. The summed E-state index contributed by atoms with van der Waals surface area (Å²) in [5, 5.41) is 3.41. The molecule has 1 fully saturated rings. The molecule has 1 unspecified atom stereocenters. The molecule has 3 nitrogen and oxygen atoms in total. The Hall–Kier alpha value is -1.91. The standard InChI is InChI=1S/C22H29FN2O/c1-4-18-15-19(7-10-21(18)25-13-11-24-12-14-25)22(2,26-3)16-17-5-8-20(23)9-6-17/h5-10,15,24H,4,11-14,16H2,1-3H3. The molecule has 1 aliphatic heterocycles. The number of nitrogens with one attached hydrogen (secondary N) is 1. The van der Waals surface area contributed by atoms with Crippen LogP contribution in [0, 0.1) is 5.82 Å². The predicted octanol–water partition coefficient (Wildman–Crippen LogP) is 3.90. The van der Waals surface area contributed by atoms with Crippen LogP contribution in [0.4, 0.5) is 10.1 Å². The van der Waals surface area contributed by atoms with Gasteiger partial charge in [-0.15, -0.1) is 0 Å². The molecule has 0 aromatic heterocycles. The summed E-state index contributed by atoms with van der Waals surface area (Å²) in [6, 6.07) is 13.4. The van der Waals surface area contributed by atoms with Crippen molar-refractivity contribution in [2.24, 2.45) is 0 Å². The van der Waals surface area contributed by atoms with Crippen molar-refractivity contribution in [3.63, 3.8) is 0 Å². The first-order chi connectivity index (χ1) is 12.6. The normalized spacial score (nSPS) is 17.2. The monoisotopic (exact) mass is 356 g/mol. The number of methoxy groups -OCH3 is 1. The third-order valence-electron chi connectivity index (χ3n) is 5.43. The molecule has 0 spiro atoms. The molecule has 3 rings (SSSR count).